The van der Waals surface area contributed by atoms with Crippen LogP contribution in [0.5, 0.6) is 5.75 Å². The van der Waals surface area contributed by atoms with E-state index in [-0.39, 0.29) is 0 Å². The molecule has 0 amide bonds. The molecule has 112 valence electrons. The van der Waals surface area contributed by atoms with Gasteiger partial charge in [-0.15, -0.1) is 0 Å². The molecule has 0 aliphatic rings. The van der Waals surface area contributed by atoms with Crippen molar-refractivity contribution in [3.05, 3.63) is 39.3 Å². The lowest BCUT2D eigenvalue weighted by atomic mass is 9.99. The molecule has 1 N–H and O–H groups in total. The summed E-state index contributed by atoms with van der Waals surface area (Å²) < 4.78 is 6.07. The highest BCUT2D eigenvalue weighted by Crippen LogP contribution is 2.31. The number of H-pyrrole nitrogens is 1. The number of aromatic amines is 1. The van der Waals surface area contributed by atoms with Crippen molar-refractivity contribution < 1.29 is 4.74 Å². The number of hydrogen-bond donors (Lipinski definition) is 1. The molecule has 21 heavy (non-hydrogen) atoms. The van der Waals surface area contributed by atoms with Gasteiger partial charge >= 0.3 is 0 Å². The van der Waals surface area contributed by atoms with Crippen LogP contribution in [0.1, 0.15) is 35.9 Å². The molecule has 0 saturated carbocycles. The number of ether oxygens (including phenoxy) is 1. The molecule has 3 nitrogen and oxygen atoms in total. The van der Waals surface area contributed by atoms with E-state index in [0.29, 0.717) is 4.64 Å². The molecule has 1 heterocycles. The first-order valence-electron chi connectivity index (χ1n) is 7.23. The maximum Gasteiger partial charge on any atom is 0.133 e. The summed E-state index contributed by atoms with van der Waals surface area (Å²) in [4.78, 5) is 7.93. The first-order valence-corrected chi connectivity index (χ1v) is 7.64. The highest BCUT2D eigenvalue weighted by atomic mass is 32.1. The van der Waals surface area contributed by atoms with Crippen LogP contribution in [0, 0.1) is 25.4 Å². The van der Waals surface area contributed by atoms with Crippen molar-refractivity contribution in [1.29, 1.82) is 0 Å². The van der Waals surface area contributed by atoms with E-state index in [1.807, 2.05) is 6.92 Å². The molecule has 0 atom stereocenters. The van der Waals surface area contributed by atoms with E-state index in [4.69, 9.17) is 17.0 Å². The third kappa shape index (κ3) is 3.16. The number of rotatable bonds is 4. The lowest BCUT2D eigenvalue weighted by Crippen LogP contribution is -2.02. The van der Waals surface area contributed by atoms with Crippen molar-refractivity contribution >= 4 is 12.2 Å². The molecule has 0 bridgehead atoms. The SMILES string of the molecule is CCCc1nc(=S)c(C)c(-c2cc(C)c(OC)cc2C)[nH]1. The molecule has 0 saturated heterocycles. The van der Waals surface area contributed by atoms with Crippen LogP contribution in [0.25, 0.3) is 11.3 Å². The molecule has 0 unspecified atom stereocenters. The number of aryl methyl sites for hydroxylation is 3. The lowest BCUT2D eigenvalue weighted by Gasteiger charge is -2.14. The zero-order chi connectivity index (χ0) is 15.6. The molecular formula is C17H22N2OS. The van der Waals surface area contributed by atoms with E-state index >= 15 is 0 Å². The number of nitrogens with zero attached hydrogens (tertiary/aromatic N) is 1. The van der Waals surface area contributed by atoms with Crippen molar-refractivity contribution in [3.63, 3.8) is 0 Å². The second-order valence-corrected chi connectivity index (χ2v) is 5.76. The van der Waals surface area contributed by atoms with Gasteiger partial charge in [0, 0.05) is 17.5 Å². The number of aromatic nitrogens is 2. The third-order valence-electron chi connectivity index (χ3n) is 3.70. The van der Waals surface area contributed by atoms with Crippen molar-refractivity contribution in [1.82, 2.24) is 9.97 Å². The summed E-state index contributed by atoms with van der Waals surface area (Å²) in [6, 6.07) is 4.22. The average molecular weight is 302 g/mol. The Morgan fingerprint density at radius 2 is 1.90 bits per heavy atom. The molecule has 0 spiro atoms. The first-order chi connectivity index (χ1) is 9.97. The normalized spacial score (nSPS) is 10.7. The van der Waals surface area contributed by atoms with Gasteiger partial charge in [-0.05, 0) is 50.5 Å². The van der Waals surface area contributed by atoms with Gasteiger partial charge in [0.1, 0.15) is 16.2 Å². The number of benzene rings is 1. The van der Waals surface area contributed by atoms with Crippen LogP contribution < -0.4 is 4.74 Å². The molecule has 0 aliphatic carbocycles. The first kappa shape index (κ1) is 15.7. The monoisotopic (exact) mass is 302 g/mol. The standard InChI is InChI=1S/C17H22N2OS/c1-6-7-15-18-16(12(4)17(21)19-15)13-8-11(3)14(20-5)9-10(13)2/h8-9H,6-7H2,1-5H3,(H,18,19,21). The molecule has 0 radical (unpaired) electrons. The Morgan fingerprint density at radius 3 is 2.52 bits per heavy atom. The van der Waals surface area contributed by atoms with Crippen LogP contribution in [0.4, 0.5) is 0 Å². The molecule has 4 heteroatoms. The van der Waals surface area contributed by atoms with E-state index in [1.54, 1.807) is 7.11 Å². The van der Waals surface area contributed by atoms with Gasteiger partial charge in [0.15, 0.2) is 0 Å². The molecular weight excluding hydrogens is 280 g/mol. The Labute approximate surface area is 131 Å². The zero-order valence-corrected chi connectivity index (χ0v) is 14.1. The van der Waals surface area contributed by atoms with Gasteiger partial charge in [-0.25, -0.2) is 4.98 Å². The topological polar surface area (TPSA) is 37.9 Å². The predicted molar refractivity (Wildman–Crippen MR) is 89.6 cm³/mol. The lowest BCUT2D eigenvalue weighted by molar-refractivity contribution is 0.411. The predicted octanol–water partition coefficient (Wildman–Crippen LogP) is 4.69. The fourth-order valence-corrected chi connectivity index (χ4v) is 2.70. The van der Waals surface area contributed by atoms with E-state index in [2.05, 4.69) is 42.9 Å². The van der Waals surface area contributed by atoms with Crippen LogP contribution in [0.15, 0.2) is 12.1 Å². The van der Waals surface area contributed by atoms with E-state index < -0.39 is 0 Å². The summed E-state index contributed by atoms with van der Waals surface area (Å²) in [7, 11) is 1.70. The molecule has 0 aliphatic heterocycles. The van der Waals surface area contributed by atoms with Crippen molar-refractivity contribution in [2.24, 2.45) is 0 Å². The fourth-order valence-electron chi connectivity index (χ4n) is 2.48. The summed E-state index contributed by atoms with van der Waals surface area (Å²) in [6.45, 7) is 8.31. The Hall–Kier alpha value is -1.68. The molecule has 1 aromatic carbocycles. The summed E-state index contributed by atoms with van der Waals surface area (Å²) >= 11 is 5.41. The molecule has 2 rings (SSSR count). The van der Waals surface area contributed by atoms with Crippen molar-refractivity contribution in [3.8, 4) is 17.0 Å². The smallest absolute Gasteiger partial charge is 0.133 e. The van der Waals surface area contributed by atoms with Crippen LogP contribution in [-0.2, 0) is 6.42 Å². The summed E-state index contributed by atoms with van der Waals surface area (Å²) in [5.41, 5.74) is 5.54. The van der Waals surface area contributed by atoms with Crippen molar-refractivity contribution in [2.45, 2.75) is 40.5 Å². The van der Waals surface area contributed by atoms with E-state index in [9.17, 15) is 0 Å². The van der Waals surface area contributed by atoms with Gasteiger partial charge < -0.3 is 9.72 Å². The van der Waals surface area contributed by atoms with Gasteiger partial charge in [0.25, 0.3) is 0 Å². The number of methoxy groups -OCH3 is 1. The van der Waals surface area contributed by atoms with Crippen LogP contribution in [-0.4, -0.2) is 17.1 Å². The van der Waals surface area contributed by atoms with Gasteiger partial charge in [-0.3, -0.25) is 0 Å². The van der Waals surface area contributed by atoms with Crippen LogP contribution >= 0.6 is 12.2 Å². The number of nitrogens with one attached hydrogen (secondary N) is 1. The van der Waals surface area contributed by atoms with Gasteiger partial charge in [0.05, 0.1) is 12.8 Å². The fraction of sp³-hybridized carbons (Fsp3) is 0.412. The van der Waals surface area contributed by atoms with Crippen LogP contribution in [0.2, 0.25) is 0 Å². The molecule has 2 aromatic rings. The highest BCUT2D eigenvalue weighted by Gasteiger charge is 2.12. The number of hydrogen-bond acceptors (Lipinski definition) is 3. The molecule has 0 fully saturated rings. The second kappa shape index (κ2) is 6.39. The maximum atomic E-state index is 5.41. The summed E-state index contributed by atoms with van der Waals surface area (Å²) in [5, 5.41) is 0. The second-order valence-electron chi connectivity index (χ2n) is 5.38. The van der Waals surface area contributed by atoms with E-state index in [1.165, 1.54) is 5.56 Å². The summed E-state index contributed by atoms with van der Waals surface area (Å²) in [6.07, 6.45) is 1.95. The minimum absolute atomic E-state index is 0.681. The minimum Gasteiger partial charge on any atom is -0.496 e. The van der Waals surface area contributed by atoms with Gasteiger partial charge in [-0.2, -0.15) is 0 Å². The Morgan fingerprint density at radius 1 is 1.19 bits per heavy atom. The highest BCUT2D eigenvalue weighted by molar-refractivity contribution is 7.71. The quantitative estimate of drug-likeness (QED) is 0.832. The molecule has 1 aromatic heterocycles. The van der Waals surface area contributed by atoms with E-state index in [0.717, 1.165) is 46.8 Å². The Balaban J connectivity index is 2.66. The van der Waals surface area contributed by atoms with Crippen LogP contribution in [0.3, 0.4) is 0 Å². The Bertz CT molecular complexity index is 719. The maximum absolute atomic E-state index is 5.41. The zero-order valence-electron chi connectivity index (χ0n) is 13.3. The van der Waals surface area contributed by atoms with Crippen molar-refractivity contribution in [2.75, 3.05) is 7.11 Å². The minimum atomic E-state index is 0.681. The van der Waals surface area contributed by atoms with Gasteiger partial charge in [-0.1, -0.05) is 19.1 Å². The van der Waals surface area contributed by atoms with Gasteiger partial charge in [0.2, 0.25) is 0 Å². The summed E-state index contributed by atoms with van der Waals surface area (Å²) in [5.74, 6) is 1.87. The largest absolute Gasteiger partial charge is 0.496 e. The average Bonchev–Trinajstić information content (AvgIpc) is 2.45. The third-order valence-corrected chi connectivity index (χ3v) is 4.10. The Kier molecular flexibility index (Phi) is 4.78.